The number of carbonyl (C=O) groups is 1. The van der Waals surface area contributed by atoms with E-state index < -0.39 is 27.1 Å². The molecule has 13 heteroatoms. The van der Waals surface area contributed by atoms with Gasteiger partial charge in [0.15, 0.2) is 18.1 Å². The third-order valence-electron chi connectivity index (χ3n) is 4.48. The lowest BCUT2D eigenvalue weighted by molar-refractivity contribution is -0.393. The molecule has 0 fully saturated rings. The van der Waals surface area contributed by atoms with Gasteiger partial charge in [-0.05, 0) is 42.0 Å². The van der Waals surface area contributed by atoms with Gasteiger partial charge in [-0.1, -0.05) is 23.7 Å². The quantitative estimate of drug-likeness (QED) is 0.232. The van der Waals surface area contributed by atoms with Crippen LogP contribution in [-0.4, -0.2) is 35.7 Å². The van der Waals surface area contributed by atoms with Gasteiger partial charge < -0.3 is 14.8 Å². The number of nitrogens with one attached hydrogen (secondary N) is 2. The Balaban J connectivity index is 1.65. The molecule has 0 bridgehead atoms. The number of ether oxygens (including phenoxy) is 2. The molecule has 0 spiro atoms. The van der Waals surface area contributed by atoms with Crippen molar-refractivity contribution < 1.29 is 24.1 Å². The largest absolute Gasteiger partial charge is 0.493 e. The number of carbonyl (C=O) groups excluding carboxylic acids is 1. The Labute approximate surface area is 203 Å². The summed E-state index contributed by atoms with van der Waals surface area (Å²) < 4.78 is 10.8. The standard InChI is InChI=1S/C22H18ClN5O7/c1-34-21-10-14(12-24-26-18-8-7-15(27(30)31)11-19(18)28(32)33)6-9-20(21)35-13-22(29)25-17-5-3-2-4-16(17)23/h2-12,26H,13H2,1H3,(H,25,29)/b24-12+. The fourth-order valence-corrected chi connectivity index (χ4v) is 3.01. The zero-order valence-electron chi connectivity index (χ0n) is 18.1. The van der Waals surface area contributed by atoms with E-state index >= 15 is 0 Å². The highest BCUT2D eigenvalue weighted by Crippen LogP contribution is 2.30. The van der Waals surface area contributed by atoms with Crippen LogP contribution in [0.1, 0.15) is 5.56 Å². The van der Waals surface area contributed by atoms with E-state index in [1.54, 1.807) is 42.5 Å². The molecule has 2 N–H and O–H groups in total. The van der Waals surface area contributed by atoms with Crippen LogP contribution in [0, 0.1) is 20.2 Å². The normalized spacial score (nSPS) is 10.6. The summed E-state index contributed by atoms with van der Waals surface area (Å²) in [7, 11) is 1.42. The monoisotopic (exact) mass is 499 g/mol. The fourth-order valence-electron chi connectivity index (χ4n) is 2.83. The summed E-state index contributed by atoms with van der Waals surface area (Å²) in [6, 6.07) is 14.7. The van der Waals surface area contributed by atoms with E-state index in [1.165, 1.54) is 19.4 Å². The van der Waals surface area contributed by atoms with Crippen LogP contribution in [0.4, 0.5) is 22.7 Å². The van der Waals surface area contributed by atoms with Gasteiger partial charge in [0.05, 0.1) is 39.9 Å². The predicted molar refractivity (Wildman–Crippen MR) is 130 cm³/mol. The van der Waals surface area contributed by atoms with E-state index in [1.807, 2.05) is 0 Å². The second-order valence-corrected chi connectivity index (χ2v) is 7.22. The van der Waals surface area contributed by atoms with Crippen LogP contribution in [0.15, 0.2) is 65.8 Å². The van der Waals surface area contributed by atoms with Crippen LogP contribution in [0.5, 0.6) is 11.5 Å². The molecule has 0 aromatic heterocycles. The molecule has 35 heavy (non-hydrogen) atoms. The highest BCUT2D eigenvalue weighted by molar-refractivity contribution is 6.33. The van der Waals surface area contributed by atoms with E-state index in [9.17, 15) is 25.0 Å². The number of methoxy groups -OCH3 is 1. The zero-order valence-corrected chi connectivity index (χ0v) is 18.9. The summed E-state index contributed by atoms with van der Waals surface area (Å²) in [5.41, 5.74) is 2.58. The maximum atomic E-state index is 12.2. The van der Waals surface area contributed by atoms with Crippen LogP contribution in [0.3, 0.4) is 0 Å². The number of amides is 1. The molecule has 0 radical (unpaired) electrons. The number of nitrogens with zero attached hydrogens (tertiary/aromatic N) is 3. The lowest BCUT2D eigenvalue weighted by Gasteiger charge is -2.12. The maximum absolute atomic E-state index is 12.2. The maximum Gasteiger partial charge on any atom is 0.301 e. The molecule has 0 unspecified atom stereocenters. The van der Waals surface area contributed by atoms with Crippen molar-refractivity contribution >= 4 is 46.5 Å². The molecule has 0 atom stereocenters. The van der Waals surface area contributed by atoms with Gasteiger partial charge in [0.2, 0.25) is 0 Å². The Bertz CT molecular complexity index is 1300. The third-order valence-corrected chi connectivity index (χ3v) is 4.81. The van der Waals surface area contributed by atoms with Gasteiger partial charge in [-0.3, -0.25) is 30.4 Å². The average molecular weight is 500 g/mol. The van der Waals surface area contributed by atoms with Gasteiger partial charge >= 0.3 is 5.69 Å². The fraction of sp³-hybridized carbons (Fsp3) is 0.0909. The summed E-state index contributed by atoms with van der Waals surface area (Å²) in [5.74, 6) is 0.207. The van der Waals surface area contributed by atoms with Gasteiger partial charge in [0, 0.05) is 6.07 Å². The number of benzene rings is 3. The van der Waals surface area contributed by atoms with Crippen LogP contribution in [-0.2, 0) is 4.79 Å². The molecule has 0 aliphatic rings. The van der Waals surface area contributed by atoms with Crippen molar-refractivity contribution in [2.75, 3.05) is 24.5 Å². The lowest BCUT2D eigenvalue weighted by atomic mass is 10.2. The smallest absolute Gasteiger partial charge is 0.301 e. The molecular weight excluding hydrogens is 482 g/mol. The number of rotatable bonds is 10. The Morgan fingerprint density at radius 2 is 1.80 bits per heavy atom. The third kappa shape index (κ3) is 6.65. The number of anilines is 2. The van der Waals surface area contributed by atoms with Crippen molar-refractivity contribution in [2.45, 2.75) is 0 Å². The number of hydrazone groups is 1. The average Bonchev–Trinajstić information content (AvgIpc) is 2.84. The Morgan fingerprint density at radius 1 is 1.03 bits per heavy atom. The van der Waals surface area contributed by atoms with E-state index in [0.717, 1.165) is 12.1 Å². The summed E-state index contributed by atoms with van der Waals surface area (Å²) in [6.45, 7) is -0.291. The number of halogens is 1. The highest BCUT2D eigenvalue weighted by Gasteiger charge is 2.19. The first-order valence-electron chi connectivity index (χ1n) is 9.85. The molecule has 0 saturated carbocycles. The van der Waals surface area contributed by atoms with Gasteiger partial charge in [0.1, 0.15) is 5.69 Å². The van der Waals surface area contributed by atoms with Crippen molar-refractivity contribution in [3.05, 3.63) is 91.5 Å². The van der Waals surface area contributed by atoms with Crippen LogP contribution in [0.25, 0.3) is 0 Å². The minimum atomic E-state index is -0.748. The molecule has 3 aromatic rings. The Hall–Kier alpha value is -4.71. The number of nitro benzene ring substituents is 2. The minimum absolute atomic E-state index is 0.0201. The molecule has 1 amide bonds. The SMILES string of the molecule is COc1cc(/C=N/Nc2ccc([N+](=O)[O-])cc2[N+](=O)[O-])ccc1OCC(=O)Nc1ccccc1Cl. The molecule has 3 rings (SSSR count). The molecule has 12 nitrogen and oxygen atoms in total. The summed E-state index contributed by atoms with van der Waals surface area (Å²) in [6.07, 6.45) is 1.36. The lowest BCUT2D eigenvalue weighted by Crippen LogP contribution is -2.20. The Kier molecular flexibility index (Phi) is 8.14. The molecule has 3 aromatic carbocycles. The predicted octanol–water partition coefficient (Wildman–Crippen LogP) is 4.63. The second-order valence-electron chi connectivity index (χ2n) is 6.81. The summed E-state index contributed by atoms with van der Waals surface area (Å²) in [5, 5.41) is 29.0. The summed E-state index contributed by atoms with van der Waals surface area (Å²) in [4.78, 5) is 32.7. The molecule has 0 heterocycles. The van der Waals surface area contributed by atoms with Crippen molar-refractivity contribution in [3.8, 4) is 11.5 Å². The number of para-hydroxylation sites is 1. The number of hydrogen-bond acceptors (Lipinski definition) is 9. The first-order valence-corrected chi connectivity index (χ1v) is 10.2. The van der Waals surface area contributed by atoms with Crippen LogP contribution >= 0.6 is 11.6 Å². The molecule has 0 aliphatic carbocycles. The van der Waals surface area contributed by atoms with Crippen LogP contribution in [0.2, 0.25) is 5.02 Å². The van der Waals surface area contributed by atoms with Gasteiger partial charge in [-0.2, -0.15) is 5.10 Å². The molecule has 0 saturated heterocycles. The summed E-state index contributed by atoms with van der Waals surface area (Å²) >= 11 is 6.02. The minimum Gasteiger partial charge on any atom is -0.493 e. The topological polar surface area (TPSA) is 158 Å². The molecular formula is C22H18ClN5O7. The van der Waals surface area contributed by atoms with Gasteiger partial charge in [-0.25, -0.2) is 0 Å². The highest BCUT2D eigenvalue weighted by atomic mass is 35.5. The molecule has 0 aliphatic heterocycles. The number of hydrogen-bond donors (Lipinski definition) is 2. The van der Waals surface area contributed by atoms with Crippen molar-refractivity contribution in [1.29, 1.82) is 0 Å². The Morgan fingerprint density at radius 3 is 2.49 bits per heavy atom. The van der Waals surface area contributed by atoms with E-state index in [2.05, 4.69) is 15.8 Å². The van der Waals surface area contributed by atoms with Crippen molar-refractivity contribution in [2.24, 2.45) is 5.10 Å². The second kappa shape index (κ2) is 11.4. The molecule has 180 valence electrons. The van der Waals surface area contributed by atoms with Crippen molar-refractivity contribution in [3.63, 3.8) is 0 Å². The number of nitro groups is 2. The van der Waals surface area contributed by atoms with E-state index in [4.69, 9.17) is 21.1 Å². The first-order chi connectivity index (χ1) is 16.8. The van der Waals surface area contributed by atoms with Crippen molar-refractivity contribution in [1.82, 2.24) is 0 Å². The van der Waals surface area contributed by atoms with Gasteiger partial charge in [0.25, 0.3) is 11.6 Å². The van der Waals surface area contributed by atoms with E-state index in [-0.39, 0.29) is 12.3 Å². The first kappa shape index (κ1) is 24.9. The number of non-ortho nitro benzene ring substituents is 1. The van der Waals surface area contributed by atoms with E-state index in [0.29, 0.717) is 27.8 Å². The van der Waals surface area contributed by atoms with Gasteiger partial charge in [-0.15, -0.1) is 0 Å². The zero-order chi connectivity index (χ0) is 25.4. The van der Waals surface area contributed by atoms with Crippen LogP contribution < -0.4 is 20.2 Å².